The van der Waals surface area contributed by atoms with Crippen molar-refractivity contribution in [3.63, 3.8) is 0 Å². The van der Waals surface area contributed by atoms with E-state index in [1.807, 2.05) is 12.1 Å². The van der Waals surface area contributed by atoms with Crippen LogP contribution in [-0.4, -0.2) is 4.98 Å². The van der Waals surface area contributed by atoms with Gasteiger partial charge in [-0.1, -0.05) is 68.2 Å². The minimum absolute atomic E-state index is 0.167. The molecule has 108 valence electrons. The molecule has 1 heterocycles. The molecule has 0 aliphatic heterocycles. The molecule has 3 aromatic rings. The van der Waals surface area contributed by atoms with Crippen LogP contribution in [0.5, 0.6) is 0 Å². The molecule has 0 bridgehead atoms. The van der Waals surface area contributed by atoms with Gasteiger partial charge in [-0.25, -0.2) is 0 Å². The Morgan fingerprint density at radius 2 is 1.48 bits per heavy atom. The summed E-state index contributed by atoms with van der Waals surface area (Å²) in [5, 5.41) is 2.22. The Labute approximate surface area is 134 Å². The van der Waals surface area contributed by atoms with E-state index in [4.69, 9.17) is 23.2 Å². The zero-order chi connectivity index (χ0) is 15.2. The molecule has 1 aromatic heterocycles. The van der Waals surface area contributed by atoms with Gasteiger partial charge in [0.05, 0.1) is 10.0 Å². The third kappa shape index (κ3) is 2.81. The average Bonchev–Trinajstić information content (AvgIpc) is 2.81. The molecule has 0 saturated carbocycles. The molecule has 1 N–H and O–H groups in total. The largest absolute Gasteiger partial charge is 0.354 e. The molecule has 0 amide bonds. The van der Waals surface area contributed by atoms with Crippen LogP contribution in [0, 0.1) is 0 Å². The molecule has 0 atom stereocenters. The van der Waals surface area contributed by atoms with Crippen LogP contribution in [0.4, 0.5) is 0 Å². The van der Waals surface area contributed by atoms with E-state index in [9.17, 15) is 0 Å². The minimum Gasteiger partial charge on any atom is -0.354 e. The summed E-state index contributed by atoms with van der Waals surface area (Å²) in [7, 11) is 0. The highest BCUT2D eigenvalue weighted by atomic mass is 35.5. The summed E-state index contributed by atoms with van der Waals surface area (Å²) >= 11 is 12.1. The van der Waals surface area contributed by atoms with Crippen molar-refractivity contribution in [1.29, 1.82) is 0 Å². The Morgan fingerprint density at radius 3 is 2.10 bits per heavy atom. The predicted octanol–water partition coefficient (Wildman–Crippen LogP) is 6.44. The topological polar surface area (TPSA) is 15.8 Å². The summed E-state index contributed by atoms with van der Waals surface area (Å²) in [6.07, 6.45) is 0. The van der Waals surface area contributed by atoms with Crippen molar-refractivity contribution in [1.82, 2.24) is 4.98 Å². The fourth-order valence-electron chi connectivity index (χ4n) is 2.43. The summed E-state index contributed by atoms with van der Waals surface area (Å²) in [6, 6.07) is 14.5. The quantitative estimate of drug-likeness (QED) is 0.531. The zero-order valence-corrected chi connectivity index (χ0v) is 13.8. The number of aromatic nitrogens is 1. The maximum atomic E-state index is 6.07. The van der Waals surface area contributed by atoms with Crippen LogP contribution in [0.3, 0.4) is 0 Å². The molecule has 2 aromatic carbocycles. The lowest BCUT2D eigenvalue weighted by molar-refractivity contribution is 0.590. The summed E-state index contributed by atoms with van der Waals surface area (Å²) in [5.74, 6) is 0. The van der Waals surface area contributed by atoms with Crippen molar-refractivity contribution in [3.05, 3.63) is 58.1 Å². The van der Waals surface area contributed by atoms with Gasteiger partial charge in [-0.05, 0) is 34.7 Å². The molecule has 0 spiro atoms. The highest BCUT2D eigenvalue weighted by molar-refractivity contribution is 6.42. The second kappa shape index (κ2) is 5.08. The molecular formula is C18H17Cl2N. The lowest BCUT2D eigenvalue weighted by Gasteiger charge is -2.19. The maximum absolute atomic E-state index is 6.07. The molecule has 21 heavy (non-hydrogen) atoms. The number of rotatable bonds is 1. The van der Waals surface area contributed by atoms with Crippen LogP contribution < -0.4 is 0 Å². The summed E-state index contributed by atoms with van der Waals surface area (Å²) in [6.45, 7) is 6.65. The van der Waals surface area contributed by atoms with E-state index in [1.165, 1.54) is 5.56 Å². The van der Waals surface area contributed by atoms with Gasteiger partial charge in [-0.2, -0.15) is 0 Å². The molecule has 0 unspecified atom stereocenters. The van der Waals surface area contributed by atoms with Crippen LogP contribution >= 0.6 is 23.2 Å². The highest BCUT2D eigenvalue weighted by Crippen LogP contribution is 2.32. The number of benzene rings is 2. The van der Waals surface area contributed by atoms with Crippen LogP contribution in [0.25, 0.3) is 22.2 Å². The molecule has 1 nitrogen and oxygen atoms in total. The van der Waals surface area contributed by atoms with Gasteiger partial charge in [0, 0.05) is 16.6 Å². The molecule has 3 heteroatoms. The van der Waals surface area contributed by atoms with Crippen LogP contribution in [0.15, 0.2) is 42.5 Å². The highest BCUT2D eigenvalue weighted by Gasteiger charge is 2.13. The normalized spacial score (nSPS) is 12.0. The monoisotopic (exact) mass is 317 g/mol. The molecule has 0 radical (unpaired) electrons. The van der Waals surface area contributed by atoms with Gasteiger partial charge in [0.1, 0.15) is 0 Å². The van der Waals surface area contributed by atoms with Crippen molar-refractivity contribution in [2.75, 3.05) is 0 Å². The van der Waals surface area contributed by atoms with Gasteiger partial charge in [0.2, 0.25) is 0 Å². The van der Waals surface area contributed by atoms with E-state index in [-0.39, 0.29) is 5.41 Å². The molecule has 0 saturated heterocycles. The minimum atomic E-state index is 0.167. The van der Waals surface area contributed by atoms with E-state index in [1.54, 1.807) is 0 Å². The van der Waals surface area contributed by atoms with Crippen LogP contribution in [-0.2, 0) is 5.41 Å². The molecule has 3 rings (SSSR count). The second-order valence-electron chi connectivity index (χ2n) is 6.36. The summed E-state index contributed by atoms with van der Waals surface area (Å²) in [5.41, 5.74) is 4.73. The van der Waals surface area contributed by atoms with Crippen molar-refractivity contribution >= 4 is 34.1 Å². The maximum Gasteiger partial charge on any atom is 0.0613 e. The number of aromatic amines is 1. The van der Waals surface area contributed by atoms with Gasteiger partial charge in [-0.3, -0.25) is 0 Å². The fraction of sp³-hybridized carbons (Fsp3) is 0.222. The Hall–Kier alpha value is -1.44. The van der Waals surface area contributed by atoms with Crippen molar-refractivity contribution in [2.45, 2.75) is 26.2 Å². The Balaban J connectivity index is 2.04. The van der Waals surface area contributed by atoms with Crippen LogP contribution in [0.2, 0.25) is 10.0 Å². The Kier molecular flexibility index (Phi) is 3.51. The smallest absolute Gasteiger partial charge is 0.0613 e. The first-order chi connectivity index (χ1) is 9.84. The fourth-order valence-corrected chi connectivity index (χ4v) is 2.77. The number of H-pyrrole nitrogens is 1. The average molecular weight is 318 g/mol. The number of hydrogen-bond acceptors (Lipinski definition) is 0. The summed E-state index contributed by atoms with van der Waals surface area (Å²) < 4.78 is 0. The molecule has 0 fully saturated rings. The predicted molar refractivity (Wildman–Crippen MR) is 92.5 cm³/mol. The van der Waals surface area contributed by atoms with E-state index in [2.05, 4.69) is 56.1 Å². The molecule has 0 aliphatic rings. The third-order valence-electron chi connectivity index (χ3n) is 3.72. The SMILES string of the molecule is CC(C)(C)c1ccc(-c2cc3cc(Cl)c(Cl)cc3[nH]2)cc1. The third-order valence-corrected chi connectivity index (χ3v) is 4.45. The van der Waals surface area contributed by atoms with Crippen molar-refractivity contribution in [2.24, 2.45) is 0 Å². The number of halogens is 2. The second-order valence-corrected chi connectivity index (χ2v) is 7.18. The molecular weight excluding hydrogens is 301 g/mol. The van der Waals surface area contributed by atoms with Gasteiger partial charge < -0.3 is 4.98 Å². The molecule has 0 aliphatic carbocycles. The van der Waals surface area contributed by atoms with E-state index in [0.717, 1.165) is 22.2 Å². The first-order valence-corrected chi connectivity index (χ1v) is 7.69. The lowest BCUT2D eigenvalue weighted by atomic mass is 9.86. The Bertz CT molecular complexity index is 753. The van der Waals surface area contributed by atoms with Gasteiger partial charge in [0.15, 0.2) is 0 Å². The summed E-state index contributed by atoms with van der Waals surface area (Å²) in [4.78, 5) is 3.40. The van der Waals surface area contributed by atoms with Gasteiger partial charge in [0.25, 0.3) is 0 Å². The first kappa shape index (κ1) is 14.5. The van der Waals surface area contributed by atoms with E-state index in [0.29, 0.717) is 10.0 Å². The number of hydrogen-bond donors (Lipinski definition) is 1. The van der Waals surface area contributed by atoms with Crippen molar-refractivity contribution < 1.29 is 0 Å². The van der Waals surface area contributed by atoms with Gasteiger partial charge >= 0.3 is 0 Å². The van der Waals surface area contributed by atoms with Gasteiger partial charge in [-0.15, -0.1) is 0 Å². The zero-order valence-electron chi connectivity index (χ0n) is 12.3. The number of nitrogens with one attached hydrogen (secondary N) is 1. The Morgan fingerprint density at radius 1 is 0.857 bits per heavy atom. The lowest BCUT2D eigenvalue weighted by Crippen LogP contribution is -2.10. The van der Waals surface area contributed by atoms with E-state index < -0.39 is 0 Å². The van der Waals surface area contributed by atoms with Crippen molar-refractivity contribution in [3.8, 4) is 11.3 Å². The standard InChI is InChI=1S/C18H17Cl2N/c1-18(2,3)13-6-4-11(5-7-13)16-9-12-8-14(19)15(20)10-17(12)21-16/h4-10,21H,1-3H3. The van der Waals surface area contributed by atoms with E-state index >= 15 is 0 Å². The first-order valence-electron chi connectivity index (χ1n) is 6.93. The van der Waals surface area contributed by atoms with Crippen LogP contribution in [0.1, 0.15) is 26.3 Å². The number of fused-ring (bicyclic) bond motifs is 1.